The van der Waals surface area contributed by atoms with Gasteiger partial charge in [0.2, 0.25) is 5.91 Å². The molecule has 1 aliphatic heterocycles. The highest BCUT2D eigenvalue weighted by atomic mass is 35.5. The van der Waals surface area contributed by atoms with Gasteiger partial charge in [0.25, 0.3) is 5.91 Å². The van der Waals surface area contributed by atoms with E-state index in [0.29, 0.717) is 35.5 Å². The van der Waals surface area contributed by atoms with Crippen LogP contribution in [0.2, 0.25) is 5.02 Å². The molecule has 3 rings (SSSR count). The van der Waals surface area contributed by atoms with Crippen LogP contribution in [-0.4, -0.2) is 60.9 Å². The average Bonchev–Trinajstić information content (AvgIpc) is 2.82. The smallest absolute Gasteiger partial charge is 0.253 e. The number of piperidine rings is 1. The summed E-state index contributed by atoms with van der Waals surface area (Å²) < 4.78 is 5.31. The van der Waals surface area contributed by atoms with Gasteiger partial charge in [-0.25, -0.2) is 0 Å². The molecular weight excluding hydrogens is 426 g/mol. The van der Waals surface area contributed by atoms with Crippen molar-refractivity contribution < 1.29 is 14.3 Å². The van der Waals surface area contributed by atoms with Crippen LogP contribution in [0.15, 0.2) is 48.5 Å². The Morgan fingerprint density at radius 3 is 2.50 bits per heavy atom. The predicted molar refractivity (Wildman–Crippen MR) is 128 cm³/mol. The van der Waals surface area contributed by atoms with Crippen LogP contribution in [0.25, 0.3) is 0 Å². The third-order valence-electron chi connectivity index (χ3n) is 5.86. The standard InChI is InChI=1S/C25H32ClN3O3/c1-3-14-28(17-13-24(30)27-22-18-20(26)9-10-23(22)32-2)21-11-15-29(16-12-21)25(31)19-7-5-4-6-8-19/h4-10,18,21H,3,11-17H2,1-2H3,(H,27,30). The topological polar surface area (TPSA) is 61.9 Å². The zero-order valence-corrected chi connectivity index (χ0v) is 19.6. The Labute approximate surface area is 195 Å². The van der Waals surface area contributed by atoms with Gasteiger partial charge in [0.15, 0.2) is 0 Å². The Kier molecular flexibility index (Phi) is 8.94. The van der Waals surface area contributed by atoms with E-state index >= 15 is 0 Å². The van der Waals surface area contributed by atoms with Crippen molar-refractivity contribution in [2.45, 2.75) is 38.6 Å². The first kappa shape index (κ1) is 24.1. The molecule has 1 saturated heterocycles. The molecule has 32 heavy (non-hydrogen) atoms. The molecule has 0 aliphatic carbocycles. The molecule has 0 radical (unpaired) electrons. The molecule has 1 heterocycles. The van der Waals surface area contributed by atoms with Crippen molar-refractivity contribution in [3.8, 4) is 5.75 Å². The van der Waals surface area contributed by atoms with Gasteiger partial charge in [0.05, 0.1) is 12.8 Å². The van der Waals surface area contributed by atoms with Crippen molar-refractivity contribution in [2.24, 2.45) is 0 Å². The van der Waals surface area contributed by atoms with Crippen molar-refractivity contribution in [1.82, 2.24) is 9.80 Å². The number of ether oxygens (including phenoxy) is 1. The molecule has 2 aromatic rings. The van der Waals surface area contributed by atoms with Gasteiger partial charge >= 0.3 is 0 Å². The van der Waals surface area contributed by atoms with Crippen molar-refractivity contribution in [1.29, 1.82) is 0 Å². The first-order valence-electron chi connectivity index (χ1n) is 11.2. The van der Waals surface area contributed by atoms with Crippen LogP contribution in [0, 0.1) is 0 Å². The van der Waals surface area contributed by atoms with Gasteiger partial charge in [0.1, 0.15) is 5.75 Å². The lowest BCUT2D eigenvalue weighted by atomic mass is 10.0. The quantitative estimate of drug-likeness (QED) is 0.593. The molecule has 0 bridgehead atoms. The molecule has 0 aromatic heterocycles. The second kappa shape index (κ2) is 11.9. The fraction of sp³-hybridized carbons (Fsp3) is 0.440. The van der Waals surface area contributed by atoms with E-state index in [2.05, 4.69) is 17.1 Å². The van der Waals surface area contributed by atoms with Crippen LogP contribution in [0.1, 0.15) is 43.0 Å². The third kappa shape index (κ3) is 6.47. The number of anilines is 1. The largest absolute Gasteiger partial charge is 0.495 e. The molecule has 2 aromatic carbocycles. The second-order valence-electron chi connectivity index (χ2n) is 8.07. The highest BCUT2D eigenvalue weighted by Crippen LogP contribution is 2.28. The van der Waals surface area contributed by atoms with Crippen LogP contribution in [0.3, 0.4) is 0 Å². The summed E-state index contributed by atoms with van der Waals surface area (Å²) in [5.74, 6) is 0.618. The number of amides is 2. The monoisotopic (exact) mass is 457 g/mol. The molecule has 1 aliphatic rings. The van der Waals surface area contributed by atoms with Gasteiger partial charge in [-0.3, -0.25) is 14.5 Å². The normalized spacial score (nSPS) is 14.4. The number of carbonyl (C=O) groups is 2. The molecule has 0 atom stereocenters. The van der Waals surface area contributed by atoms with Gasteiger partial charge in [-0.15, -0.1) is 0 Å². The maximum Gasteiger partial charge on any atom is 0.253 e. The SMILES string of the molecule is CCCN(CCC(=O)Nc1cc(Cl)ccc1OC)C1CCN(C(=O)c2ccccc2)CC1. The number of likely N-dealkylation sites (tertiary alicyclic amines) is 1. The molecule has 7 heteroatoms. The molecule has 0 unspecified atom stereocenters. The lowest BCUT2D eigenvalue weighted by Gasteiger charge is -2.38. The van der Waals surface area contributed by atoms with E-state index in [9.17, 15) is 9.59 Å². The Hall–Kier alpha value is -2.57. The summed E-state index contributed by atoms with van der Waals surface area (Å²) in [5, 5.41) is 3.46. The molecule has 0 saturated carbocycles. The van der Waals surface area contributed by atoms with Crippen molar-refractivity contribution in [2.75, 3.05) is 38.6 Å². The number of benzene rings is 2. The molecule has 1 fully saturated rings. The molecule has 1 N–H and O–H groups in total. The summed E-state index contributed by atoms with van der Waals surface area (Å²) in [6, 6.07) is 15.0. The number of hydrogen-bond acceptors (Lipinski definition) is 4. The summed E-state index contributed by atoms with van der Waals surface area (Å²) >= 11 is 6.06. The fourth-order valence-electron chi connectivity index (χ4n) is 4.20. The van der Waals surface area contributed by atoms with Crippen molar-refractivity contribution in [3.63, 3.8) is 0 Å². The number of carbonyl (C=O) groups excluding carboxylic acids is 2. The summed E-state index contributed by atoms with van der Waals surface area (Å²) in [6.45, 7) is 5.25. The van der Waals surface area contributed by atoms with Crippen LogP contribution < -0.4 is 10.1 Å². The van der Waals surface area contributed by atoms with Gasteiger partial charge in [0, 0.05) is 42.7 Å². The molecule has 172 valence electrons. The summed E-state index contributed by atoms with van der Waals surface area (Å²) in [4.78, 5) is 29.6. The van der Waals surface area contributed by atoms with Crippen molar-refractivity contribution >= 4 is 29.1 Å². The Balaban J connectivity index is 1.52. The minimum absolute atomic E-state index is 0.0663. The predicted octanol–water partition coefficient (Wildman–Crippen LogP) is 4.69. The van der Waals surface area contributed by atoms with E-state index in [1.807, 2.05) is 35.2 Å². The van der Waals surface area contributed by atoms with Gasteiger partial charge in [-0.2, -0.15) is 0 Å². The van der Waals surface area contributed by atoms with E-state index in [1.165, 1.54) is 0 Å². The lowest BCUT2D eigenvalue weighted by molar-refractivity contribution is -0.116. The number of hydrogen-bond donors (Lipinski definition) is 1. The highest BCUT2D eigenvalue weighted by molar-refractivity contribution is 6.31. The van der Waals surface area contributed by atoms with E-state index in [4.69, 9.17) is 16.3 Å². The van der Waals surface area contributed by atoms with E-state index < -0.39 is 0 Å². The fourth-order valence-corrected chi connectivity index (χ4v) is 4.37. The molecule has 6 nitrogen and oxygen atoms in total. The van der Waals surface area contributed by atoms with E-state index in [0.717, 1.165) is 44.5 Å². The Morgan fingerprint density at radius 1 is 1.12 bits per heavy atom. The lowest BCUT2D eigenvalue weighted by Crippen LogP contribution is -2.47. The van der Waals surface area contributed by atoms with E-state index in [-0.39, 0.29) is 11.8 Å². The van der Waals surface area contributed by atoms with Crippen LogP contribution in [-0.2, 0) is 4.79 Å². The summed E-state index contributed by atoms with van der Waals surface area (Å²) in [5.41, 5.74) is 1.32. The zero-order valence-electron chi connectivity index (χ0n) is 18.9. The van der Waals surface area contributed by atoms with Crippen LogP contribution in [0.5, 0.6) is 5.75 Å². The van der Waals surface area contributed by atoms with Gasteiger partial charge in [-0.05, 0) is 56.1 Å². The van der Waals surface area contributed by atoms with Crippen molar-refractivity contribution in [3.05, 3.63) is 59.1 Å². The second-order valence-corrected chi connectivity index (χ2v) is 8.50. The minimum atomic E-state index is -0.0663. The zero-order chi connectivity index (χ0) is 22.9. The number of nitrogens with zero attached hydrogens (tertiary/aromatic N) is 2. The molecule has 0 spiro atoms. The van der Waals surface area contributed by atoms with Gasteiger partial charge in [-0.1, -0.05) is 36.7 Å². The van der Waals surface area contributed by atoms with E-state index in [1.54, 1.807) is 25.3 Å². The summed E-state index contributed by atoms with van der Waals surface area (Å²) in [6.07, 6.45) is 3.25. The van der Waals surface area contributed by atoms with Crippen LogP contribution >= 0.6 is 11.6 Å². The first-order valence-corrected chi connectivity index (χ1v) is 11.6. The summed E-state index contributed by atoms with van der Waals surface area (Å²) in [7, 11) is 1.57. The minimum Gasteiger partial charge on any atom is -0.495 e. The maximum atomic E-state index is 12.7. The Morgan fingerprint density at radius 2 is 1.84 bits per heavy atom. The number of rotatable bonds is 9. The van der Waals surface area contributed by atoms with Crippen LogP contribution in [0.4, 0.5) is 5.69 Å². The average molecular weight is 458 g/mol. The third-order valence-corrected chi connectivity index (χ3v) is 6.10. The number of nitrogens with one attached hydrogen (secondary N) is 1. The Bertz CT molecular complexity index is 899. The maximum absolute atomic E-state index is 12.7. The number of methoxy groups -OCH3 is 1. The highest BCUT2D eigenvalue weighted by Gasteiger charge is 2.27. The first-order chi connectivity index (χ1) is 15.5. The van der Waals surface area contributed by atoms with Gasteiger partial charge < -0.3 is 15.0 Å². The molecular formula is C25H32ClN3O3. The number of halogens is 1. The molecule has 2 amide bonds.